The second-order valence-electron chi connectivity index (χ2n) is 4.77. The standard InChI is InChI=1S/C13H20FNO2/c1-9-4-5-11(6-12(9)14)10(2)15-7-13(3,17)8-16/h4-6,10,15-17H,7-8H2,1-3H3. The van der Waals surface area contributed by atoms with E-state index in [4.69, 9.17) is 5.11 Å². The van der Waals surface area contributed by atoms with Crippen molar-refractivity contribution in [2.45, 2.75) is 32.4 Å². The molecule has 0 aliphatic rings. The molecular weight excluding hydrogens is 221 g/mol. The number of hydrogen-bond acceptors (Lipinski definition) is 3. The van der Waals surface area contributed by atoms with E-state index in [0.717, 1.165) is 5.56 Å². The maximum Gasteiger partial charge on any atom is 0.126 e. The molecule has 4 heteroatoms. The van der Waals surface area contributed by atoms with Crippen molar-refractivity contribution in [2.24, 2.45) is 0 Å². The third-order valence-corrected chi connectivity index (χ3v) is 2.83. The second kappa shape index (κ2) is 5.58. The van der Waals surface area contributed by atoms with E-state index in [2.05, 4.69) is 5.32 Å². The van der Waals surface area contributed by atoms with Crippen molar-refractivity contribution < 1.29 is 14.6 Å². The lowest BCUT2D eigenvalue weighted by Crippen LogP contribution is -2.41. The number of rotatable bonds is 5. The summed E-state index contributed by atoms with van der Waals surface area (Å²) in [5, 5.41) is 21.6. The first kappa shape index (κ1) is 14.1. The molecule has 17 heavy (non-hydrogen) atoms. The van der Waals surface area contributed by atoms with Crippen molar-refractivity contribution in [2.75, 3.05) is 13.2 Å². The first-order valence-corrected chi connectivity index (χ1v) is 5.68. The minimum absolute atomic E-state index is 0.0804. The Hall–Kier alpha value is -0.970. The molecule has 0 aromatic heterocycles. The average Bonchev–Trinajstić information content (AvgIpc) is 2.30. The van der Waals surface area contributed by atoms with Gasteiger partial charge in [0.15, 0.2) is 0 Å². The Labute approximate surface area is 101 Å². The molecule has 1 rings (SSSR count). The van der Waals surface area contributed by atoms with Crippen LogP contribution in [0.5, 0.6) is 0 Å². The van der Waals surface area contributed by atoms with E-state index in [-0.39, 0.29) is 25.0 Å². The molecule has 96 valence electrons. The smallest absolute Gasteiger partial charge is 0.126 e. The Morgan fingerprint density at radius 3 is 2.65 bits per heavy atom. The third kappa shape index (κ3) is 4.07. The number of aliphatic hydroxyl groups excluding tert-OH is 1. The molecular formula is C13H20FNO2. The van der Waals surface area contributed by atoms with Crippen molar-refractivity contribution in [3.63, 3.8) is 0 Å². The van der Waals surface area contributed by atoms with Gasteiger partial charge in [-0.05, 0) is 38.0 Å². The Morgan fingerprint density at radius 1 is 1.47 bits per heavy atom. The fraction of sp³-hybridized carbons (Fsp3) is 0.538. The predicted octanol–water partition coefficient (Wildman–Crippen LogP) is 1.53. The Bertz CT molecular complexity index is 380. The topological polar surface area (TPSA) is 52.5 Å². The van der Waals surface area contributed by atoms with Gasteiger partial charge in [-0.15, -0.1) is 0 Å². The molecule has 0 saturated heterocycles. The molecule has 2 atom stereocenters. The number of benzene rings is 1. The van der Waals surface area contributed by atoms with Gasteiger partial charge in [-0.1, -0.05) is 12.1 Å². The summed E-state index contributed by atoms with van der Waals surface area (Å²) in [7, 11) is 0. The lowest BCUT2D eigenvalue weighted by Gasteiger charge is -2.24. The van der Waals surface area contributed by atoms with E-state index in [1.807, 2.05) is 13.0 Å². The number of aryl methyl sites for hydroxylation is 1. The van der Waals surface area contributed by atoms with Crippen molar-refractivity contribution in [1.29, 1.82) is 0 Å². The molecule has 0 amide bonds. The summed E-state index contributed by atoms with van der Waals surface area (Å²) in [6.45, 7) is 5.09. The number of aliphatic hydroxyl groups is 2. The lowest BCUT2D eigenvalue weighted by atomic mass is 10.0. The number of nitrogens with one attached hydrogen (secondary N) is 1. The summed E-state index contributed by atoms with van der Waals surface area (Å²) in [6.07, 6.45) is 0. The van der Waals surface area contributed by atoms with Crippen molar-refractivity contribution in [1.82, 2.24) is 5.32 Å². The zero-order chi connectivity index (χ0) is 13.1. The molecule has 1 aromatic rings. The van der Waals surface area contributed by atoms with Crippen molar-refractivity contribution in [3.05, 3.63) is 35.1 Å². The van der Waals surface area contributed by atoms with Gasteiger partial charge in [-0.25, -0.2) is 4.39 Å². The highest BCUT2D eigenvalue weighted by molar-refractivity contribution is 5.25. The van der Waals surface area contributed by atoms with Crippen molar-refractivity contribution >= 4 is 0 Å². The molecule has 0 fully saturated rings. The predicted molar refractivity (Wildman–Crippen MR) is 65.3 cm³/mol. The highest BCUT2D eigenvalue weighted by Crippen LogP contribution is 2.16. The summed E-state index contributed by atoms with van der Waals surface area (Å²) in [4.78, 5) is 0. The zero-order valence-electron chi connectivity index (χ0n) is 10.5. The minimum Gasteiger partial charge on any atom is -0.393 e. The molecule has 0 aliphatic carbocycles. The fourth-order valence-electron chi connectivity index (χ4n) is 1.43. The van der Waals surface area contributed by atoms with Crippen LogP contribution in [0.2, 0.25) is 0 Å². The Balaban J connectivity index is 2.64. The van der Waals surface area contributed by atoms with Gasteiger partial charge in [0.25, 0.3) is 0 Å². The molecule has 0 saturated carbocycles. The minimum atomic E-state index is -1.16. The van der Waals surface area contributed by atoms with Gasteiger partial charge in [0.1, 0.15) is 5.82 Å². The Morgan fingerprint density at radius 2 is 2.12 bits per heavy atom. The van der Waals surface area contributed by atoms with Crippen molar-refractivity contribution in [3.8, 4) is 0 Å². The fourth-order valence-corrected chi connectivity index (χ4v) is 1.43. The van der Waals surface area contributed by atoms with E-state index >= 15 is 0 Å². The molecule has 3 N–H and O–H groups in total. The monoisotopic (exact) mass is 241 g/mol. The zero-order valence-corrected chi connectivity index (χ0v) is 10.5. The number of halogens is 1. The van der Waals surface area contributed by atoms with Gasteiger partial charge in [-0.2, -0.15) is 0 Å². The quantitative estimate of drug-likeness (QED) is 0.732. The molecule has 0 bridgehead atoms. The highest BCUT2D eigenvalue weighted by atomic mass is 19.1. The average molecular weight is 241 g/mol. The van der Waals surface area contributed by atoms with Gasteiger partial charge in [0, 0.05) is 12.6 Å². The van der Waals surface area contributed by atoms with E-state index in [0.29, 0.717) is 5.56 Å². The highest BCUT2D eigenvalue weighted by Gasteiger charge is 2.19. The lowest BCUT2D eigenvalue weighted by molar-refractivity contribution is 0.00105. The van der Waals surface area contributed by atoms with Gasteiger partial charge in [0.05, 0.1) is 12.2 Å². The van der Waals surface area contributed by atoms with E-state index in [9.17, 15) is 9.50 Å². The van der Waals surface area contributed by atoms with E-state index in [1.165, 1.54) is 6.07 Å². The van der Waals surface area contributed by atoms with E-state index < -0.39 is 5.60 Å². The molecule has 2 unspecified atom stereocenters. The van der Waals surface area contributed by atoms with Gasteiger partial charge >= 0.3 is 0 Å². The first-order chi connectivity index (χ1) is 7.85. The summed E-state index contributed by atoms with van der Waals surface area (Å²) in [5.74, 6) is -0.231. The molecule has 0 heterocycles. The normalized spacial score (nSPS) is 16.6. The van der Waals surface area contributed by atoms with Gasteiger partial charge < -0.3 is 15.5 Å². The van der Waals surface area contributed by atoms with Crippen LogP contribution in [0.3, 0.4) is 0 Å². The molecule has 0 spiro atoms. The maximum absolute atomic E-state index is 13.4. The Kier molecular flexibility index (Phi) is 4.62. The summed E-state index contributed by atoms with van der Waals surface area (Å²) in [6, 6.07) is 4.99. The number of hydrogen-bond donors (Lipinski definition) is 3. The molecule has 0 aliphatic heterocycles. The summed E-state index contributed by atoms with van der Waals surface area (Å²) >= 11 is 0. The molecule has 1 aromatic carbocycles. The SMILES string of the molecule is Cc1ccc(C(C)NCC(C)(O)CO)cc1F. The largest absolute Gasteiger partial charge is 0.393 e. The van der Waals surface area contributed by atoms with Crippen LogP contribution in [-0.4, -0.2) is 29.0 Å². The first-order valence-electron chi connectivity index (χ1n) is 5.68. The third-order valence-electron chi connectivity index (χ3n) is 2.83. The van der Waals surface area contributed by atoms with Crippen LogP contribution in [-0.2, 0) is 0 Å². The van der Waals surface area contributed by atoms with Crippen LogP contribution in [0, 0.1) is 12.7 Å². The van der Waals surface area contributed by atoms with E-state index in [1.54, 1.807) is 19.9 Å². The van der Waals surface area contributed by atoms with Crippen LogP contribution in [0.15, 0.2) is 18.2 Å². The van der Waals surface area contributed by atoms with Crippen LogP contribution < -0.4 is 5.32 Å². The van der Waals surface area contributed by atoms with Crippen LogP contribution >= 0.6 is 0 Å². The summed E-state index contributed by atoms with van der Waals surface area (Å²) < 4.78 is 13.4. The molecule has 3 nitrogen and oxygen atoms in total. The van der Waals surface area contributed by atoms with Crippen LogP contribution in [0.25, 0.3) is 0 Å². The van der Waals surface area contributed by atoms with Gasteiger partial charge in [0.2, 0.25) is 0 Å². The second-order valence-corrected chi connectivity index (χ2v) is 4.77. The van der Waals surface area contributed by atoms with Crippen LogP contribution in [0.1, 0.15) is 31.0 Å². The summed E-state index contributed by atoms with van der Waals surface area (Å²) in [5.41, 5.74) is 0.280. The van der Waals surface area contributed by atoms with Crippen LogP contribution in [0.4, 0.5) is 4.39 Å². The van der Waals surface area contributed by atoms with Gasteiger partial charge in [-0.3, -0.25) is 0 Å². The molecule has 0 radical (unpaired) electrons. The maximum atomic E-state index is 13.4.